The van der Waals surface area contributed by atoms with Gasteiger partial charge >= 0.3 is 0 Å². The van der Waals surface area contributed by atoms with Gasteiger partial charge in [-0.1, -0.05) is 21.5 Å². The number of carbonyl (C=O) groups excluding carboxylic acids is 1. The molecule has 1 aromatic rings. The molecule has 0 aromatic heterocycles. The maximum atomic E-state index is 11.5. The van der Waals surface area contributed by atoms with Crippen LogP contribution >= 0.6 is 15.9 Å². The van der Waals surface area contributed by atoms with Crippen LogP contribution in [0.4, 0.5) is 5.69 Å². The summed E-state index contributed by atoms with van der Waals surface area (Å²) in [6, 6.07) is 5.45. The highest BCUT2D eigenvalue weighted by atomic mass is 79.9. The maximum Gasteiger partial charge on any atom is 0.248 e. The first-order valence-electron chi connectivity index (χ1n) is 4.82. The summed E-state index contributed by atoms with van der Waals surface area (Å²) >= 11 is 3.34. The van der Waals surface area contributed by atoms with Crippen molar-refractivity contribution < 1.29 is 9.53 Å². The first-order valence-corrected chi connectivity index (χ1v) is 5.61. The molecule has 0 aliphatic heterocycles. The zero-order chi connectivity index (χ0) is 12.1. The average Bonchev–Trinajstić information content (AvgIpc) is 2.16. The van der Waals surface area contributed by atoms with Crippen LogP contribution < -0.4 is 10.1 Å². The van der Waals surface area contributed by atoms with Gasteiger partial charge in [0.15, 0.2) is 0 Å². The second kappa shape index (κ2) is 5.70. The molecule has 0 spiro atoms. The molecule has 0 aliphatic carbocycles. The van der Waals surface area contributed by atoms with Gasteiger partial charge in [-0.3, -0.25) is 4.79 Å². The van der Waals surface area contributed by atoms with Gasteiger partial charge in [0, 0.05) is 10.5 Å². The van der Waals surface area contributed by atoms with E-state index in [1.165, 1.54) is 0 Å². The highest BCUT2D eigenvalue weighted by Crippen LogP contribution is 2.27. The van der Waals surface area contributed by atoms with E-state index in [1.807, 2.05) is 19.9 Å². The molecule has 0 heterocycles. The summed E-state index contributed by atoms with van der Waals surface area (Å²) in [6.07, 6.45) is 1.54. The van der Waals surface area contributed by atoms with Gasteiger partial charge in [-0.25, -0.2) is 0 Å². The number of carbonyl (C=O) groups is 1. The molecule has 0 atom stereocenters. The van der Waals surface area contributed by atoms with Crippen LogP contribution in [0.15, 0.2) is 34.3 Å². The lowest BCUT2D eigenvalue weighted by Crippen LogP contribution is -2.09. The lowest BCUT2D eigenvalue weighted by Gasteiger charge is -2.09. The van der Waals surface area contributed by atoms with Gasteiger partial charge in [-0.2, -0.15) is 0 Å². The van der Waals surface area contributed by atoms with E-state index in [-0.39, 0.29) is 5.91 Å². The summed E-state index contributed by atoms with van der Waals surface area (Å²) < 4.78 is 6.04. The maximum absolute atomic E-state index is 11.5. The molecule has 1 amide bonds. The highest BCUT2D eigenvalue weighted by Gasteiger charge is 2.05. The molecule has 0 fully saturated rings. The first kappa shape index (κ1) is 12.8. The summed E-state index contributed by atoms with van der Waals surface area (Å²) in [5.41, 5.74) is 1.60. The van der Waals surface area contributed by atoms with Gasteiger partial charge in [0.1, 0.15) is 5.75 Å². The Bertz CT molecular complexity index is 423. The van der Waals surface area contributed by atoms with Crippen molar-refractivity contribution in [3.63, 3.8) is 0 Å². The molecule has 4 heteroatoms. The zero-order valence-electron chi connectivity index (χ0n) is 9.50. The second-order valence-electron chi connectivity index (χ2n) is 3.56. The number of benzene rings is 1. The van der Waals surface area contributed by atoms with Crippen LogP contribution in [-0.4, -0.2) is 13.0 Å². The lowest BCUT2D eigenvalue weighted by atomic mass is 10.2. The normalized spacial score (nSPS) is 9.50. The van der Waals surface area contributed by atoms with Crippen molar-refractivity contribution in [2.45, 2.75) is 13.8 Å². The molecule has 86 valence electrons. The molecule has 1 N–H and O–H groups in total. The molecule has 0 saturated heterocycles. The van der Waals surface area contributed by atoms with Crippen LogP contribution in [-0.2, 0) is 4.79 Å². The van der Waals surface area contributed by atoms with Gasteiger partial charge in [0.2, 0.25) is 5.91 Å². The van der Waals surface area contributed by atoms with E-state index in [1.54, 1.807) is 25.3 Å². The number of allylic oxidation sites excluding steroid dienone is 1. The van der Waals surface area contributed by atoms with E-state index in [0.29, 0.717) is 11.4 Å². The van der Waals surface area contributed by atoms with E-state index in [9.17, 15) is 4.79 Å². The predicted octanol–water partition coefficient (Wildman–Crippen LogP) is 3.36. The fourth-order valence-electron chi connectivity index (χ4n) is 1.21. The molecular formula is C12H14BrNO2. The second-order valence-corrected chi connectivity index (χ2v) is 4.47. The molecule has 0 bridgehead atoms. The largest absolute Gasteiger partial charge is 0.495 e. The molecule has 0 unspecified atom stereocenters. The molecule has 1 rings (SSSR count). The molecular weight excluding hydrogens is 270 g/mol. The van der Waals surface area contributed by atoms with Crippen molar-refractivity contribution in [2.75, 3.05) is 12.4 Å². The Labute approximate surface area is 104 Å². The van der Waals surface area contributed by atoms with Gasteiger partial charge < -0.3 is 10.1 Å². The molecule has 3 nitrogen and oxygen atoms in total. The Balaban J connectivity index is 2.91. The number of amides is 1. The molecule has 16 heavy (non-hydrogen) atoms. The SMILES string of the molecule is COc1ccc(Br)cc1NC(=O)C=C(C)C. The van der Waals surface area contributed by atoms with Crippen LogP contribution in [0.25, 0.3) is 0 Å². The molecule has 0 radical (unpaired) electrons. The zero-order valence-corrected chi connectivity index (χ0v) is 11.1. The summed E-state index contributed by atoms with van der Waals surface area (Å²) in [4.78, 5) is 11.5. The summed E-state index contributed by atoms with van der Waals surface area (Å²) in [5, 5.41) is 2.76. The first-order chi connectivity index (χ1) is 7.52. The van der Waals surface area contributed by atoms with E-state index < -0.39 is 0 Å². The van der Waals surface area contributed by atoms with E-state index >= 15 is 0 Å². The molecule has 0 saturated carbocycles. The average molecular weight is 284 g/mol. The van der Waals surface area contributed by atoms with Crippen molar-refractivity contribution in [1.29, 1.82) is 0 Å². The van der Waals surface area contributed by atoms with Gasteiger partial charge in [0.25, 0.3) is 0 Å². The van der Waals surface area contributed by atoms with Crippen molar-refractivity contribution >= 4 is 27.5 Å². The highest BCUT2D eigenvalue weighted by molar-refractivity contribution is 9.10. The minimum Gasteiger partial charge on any atom is -0.495 e. The smallest absolute Gasteiger partial charge is 0.248 e. The summed E-state index contributed by atoms with van der Waals surface area (Å²) in [5.74, 6) is 0.482. The van der Waals surface area contributed by atoms with Crippen LogP contribution in [0.2, 0.25) is 0 Å². The molecule has 0 aliphatic rings. The van der Waals surface area contributed by atoms with Crippen molar-refractivity contribution in [2.24, 2.45) is 0 Å². The summed E-state index contributed by atoms with van der Waals surface area (Å²) in [6.45, 7) is 3.75. The number of nitrogens with one attached hydrogen (secondary N) is 1. The third-order valence-electron chi connectivity index (χ3n) is 1.84. The quantitative estimate of drug-likeness (QED) is 0.864. The minimum absolute atomic E-state index is 0.156. The summed E-state index contributed by atoms with van der Waals surface area (Å²) in [7, 11) is 1.57. The Kier molecular flexibility index (Phi) is 4.55. The van der Waals surface area contributed by atoms with Crippen LogP contribution in [0.3, 0.4) is 0 Å². The number of anilines is 1. The Morgan fingerprint density at radius 3 is 2.69 bits per heavy atom. The van der Waals surface area contributed by atoms with E-state index in [4.69, 9.17) is 4.74 Å². The van der Waals surface area contributed by atoms with Crippen molar-refractivity contribution in [3.8, 4) is 5.75 Å². The Hall–Kier alpha value is -1.29. The third kappa shape index (κ3) is 3.70. The number of methoxy groups -OCH3 is 1. The van der Waals surface area contributed by atoms with Crippen LogP contribution in [0, 0.1) is 0 Å². The predicted molar refractivity (Wildman–Crippen MR) is 68.8 cm³/mol. The Morgan fingerprint density at radius 2 is 2.12 bits per heavy atom. The van der Waals surface area contributed by atoms with E-state index in [0.717, 1.165) is 10.0 Å². The number of rotatable bonds is 3. The minimum atomic E-state index is -0.156. The van der Waals surface area contributed by atoms with E-state index in [2.05, 4.69) is 21.2 Å². The standard InChI is InChI=1S/C12H14BrNO2/c1-8(2)6-12(15)14-10-7-9(13)4-5-11(10)16-3/h4-7H,1-3H3,(H,14,15). The number of hydrogen-bond donors (Lipinski definition) is 1. The number of halogens is 1. The van der Waals surface area contributed by atoms with Gasteiger partial charge in [-0.05, 0) is 32.0 Å². The Morgan fingerprint density at radius 1 is 1.44 bits per heavy atom. The lowest BCUT2D eigenvalue weighted by molar-refractivity contribution is -0.112. The molecule has 1 aromatic carbocycles. The third-order valence-corrected chi connectivity index (χ3v) is 2.33. The van der Waals surface area contributed by atoms with Crippen molar-refractivity contribution in [1.82, 2.24) is 0 Å². The van der Waals surface area contributed by atoms with Gasteiger partial charge in [0.05, 0.1) is 12.8 Å². The number of ether oxygens (including phenoxy) is 1. The van der Waals surface area contributed by atoms with Crippen molar-refractivity contribution in [3.05, 3.63) is 34.3 Å². The van der Waals surface area contributed by atoms with Crippen LogP contribution in [0.5, 0.6) is 5.75 Å². The van der Waals surface area contributed by atoms with Gasteiger partial charge in [-0.15, -0.1) is 0 Å². The number of hydrogen-bond acceptors (Lipinski definition) is 2. The fourth-order valence-corrected chi connectivity index (χ4v) is 1.57. The topological polar surface area (TPSA) is 38.3 Å². The monoisotopic (exact) mass is 283 g/mol. The fraction of sp³-hybridized carbons (Fsp3) is 0.250. The van der Waals surface area contributed by atoms with Crippen LogP contribution in [0.1, 0.15) is 13.8 Å².